The molecule has 1 unspecified atom stereocenters. The van der Waals surface area contributed by atoms with E-state index in [1.807, 2.05) is 31.7 Å². The summed E-state index contributed by atoms with van der Waals surface area (Å²) in [7, 11) is 0. The summed E-state index contributed by atoms with van der Waals surface area (Å²) in [4.78, 5) is 15.2. The van der Waals surface area contributed by atoms with Crippen LogP contribution in [0.15, 0.2) is 12.1 Å². The molecule has 6 heteroatoms. The molecule has 1 aromatic heterocycles. The summed E-state index contributed by atoms with van der Waals surface area (Å²) in [6.07, 6.45) is 2.84. The van der Waals surface area contributed by atoms with Gasteiger partial charge in [-0.1, -0.05) is 11.6 Å². The third kappa shape index (κ3) is 5.78. The maximum absolute atomic E-state index is 12.1. The van der Waals surface area contributed by atoms with E-state index in [0.717, 1.165) is 43.2 Å². The van der Waals surface area contributed by atoms with Gasteiger partial charge in [0.1, 0.15) is 5.60 Å². The molecule has 1 atom stereocenters. The van der Waals surface area contributed by atoms with Crippen molar-refractivity contribution >= 4 is 29.0 Å². The minimum absolute atomic E-state index is 0.196. The molecule has 1 amide bonds. The van der Waals surface area contributed by atoms with Gasteiger partial charge >= 0.3 is 6.09 Å². The molecule has 2 heterocycles. The van der Waals surface area contributed by atoms with Crippen LogP contribution in [0, 0.1) is 0 Å². The van der Waals surface area contributed by atoms with Crippen LogP contribution in [0.3, 0.4) is 0 Å². The van der Waals surface area contributed by atoms with Gasteiger partial charge < -0.3 is 15.0 Å². The van der Waals surface area contributed by atoms with Gasteiger partial charge in [0.2, 0.25) is 0 Å². The highest BCUT2D eigenvalue weighted by molar-refractivity contribution is 7.16. The number of ether oxygens (including phenoxy) is 1. The first kappa shape index (κ1) is 17.6. The number of hydrogen-bond acceptors (Lipinski definition) is 4. The van der Waals surface area contributed by atoms with Crippen LogP contribution in [0.5, 0.6) is 0 Å². The zero-order valence-corrected chi connectivity index (χ0v) is 15.1. The van der Waals surface area contributed by atoms with Crippen molar-refractivity contribution in [1.29, 1.82) is 0 Å². The standard InChI is InChI=1S/C16H25ClN2O2S/c1-16(2,3)21-15(20)19-9-4-5-12(8-10-19)18-11-13-6-7-14(17)22-13/h6-7,12,18H,4-5,8-11H2,1-3H3. The van der Waals surface area contributed by atoms with E-state index in [1.165, 1.54) is 4.88 Å². The van der Waals surface area contributed by atoms with Gasteiger partial charge in [0.25, 0.3) is 0 Å². The molecule has 1 fully saturated rings. The number of likely N-dealkylation sites (tertiary alicyclic amines) is 1. The van der Waals surface area contributed by atoms with Gasteiger partial charge in [-0.05, 0) is 52.2 Å². The fourth-order valence-corrected chi connectivity index (χ4v) is 3.54. The summed E-state index contributed by atoms with van der Waals surface area (Å²) in [5, 5.41) is 3.57. The fraction of sp³-hybridized carbons (Fsp3) is 0.688. The highest BCUT2D eigenvalue weighted by Crippen LogP contribution is 2.22. The van der Waals surface area contributed by atoms with Crippen molar-refractivity contribution in [3.8, 4) is 0 Å². The minimum atomic E-state index is -0.431. The fourth-order valence-electron chi connectivity index (χ4n) is 2.50. The average Bonchev–Trinajstić information content (AvgIpc) is 2.69. The number of carbonyl (C=O) groups is 1. The van der Waals surface area contributed by atoms with Crippen LogP contribution in [0.2, 0.25) is 4.34 Å². The molecule has 0 aromatic carbocycles. The lowest BCUT2D eigenvalue weighted by Crippen LogP contribution is -2.38. The van der Waals surface area contributed by atoms with Crippen molar-refractivity contribution in [1.82, 2.24) is 10.2 Å². The van der Waals surface area contributed by atoms with E-state index in [2.05, 4.69) is 11.4 Å². The van der Waals surface area contributed by atoms with E-state index in [4.69, 9.17) is 16.3 Å². The number of carbonyl (C=O) groups excluding carboxylic acids is 1. The topological polar surface area (TPSA) is 41.6 Å². The quantitative estimate of drug-likeness (QED) is 0.889. The molecular formula is C16H25ClN2O2S. The number of nitrogens with zero attached hydrogens (tertiary/aromatic N) is 1. The Kier molecular flexibility index (Phi) is 6.12. The van der Waals surface area contributed by atoms with Crippen LogP contribution in [-0.4, -0.2) is 35.7 Å². The van der Waals surface area contributed by atoms with Gasteiger partial charge in [0, 0.05) is 30.6 Å². The Hall–Kier alpha value is -0.780. The van der Waals surface area contributed by atoms with Crippen molar-refractivity contribution < 1.29 is 9.53 Å². The molecule has 0 bridgehead atoms. The van der Waals surface area contributed by atoms with Gasteiger partial charge in [0.05, 0.1) is 4.34 Å². The molecule has 1 saturated heterocycles. The first-order valence-electron chi connectivity index (χ1n) is 7.79. The molecule has 1 aromatic rings. The Bertz CT molecular complexity index is 499. The number of nitrogens with one attached hydrogen (secondary N) is 1. The van der Waals surface area contributed by atoms with Crippen LogP contribution in [0.4, 0.5) is 4.79 Å². The van der Waals surface area contributed by atoms with E-state index in [9.17, 15) is 4.79 Å². The van der Waals surface area contributed by atoms with Crippen molar-refractivity contribution in [2.24, 2.45) is 0 Å². The Morgan fingerprint density at radius 3 is 2.82 bits per heavy atom. The van der Waals surface area contributed by atoms with E-state index in [1.54, 1.807) is 11.3 Å². The summed E-state index contributed by atoms with van der Waals surface area (Å²) in [5.41, 5.74) is -0.431. The molecule has 0 saturated carbocycles. The number of amides is 1. The second-order valence-corrected chi connectivity index (χ2v) is 8.48. The first-order chi connectivity index (χ1) is 10.3. The summed E-state index contributed by atoms with van der Waals surface area (Å²) in [5.74, 6) is 0. The molecule has 2 rings (SSSR count). The lowest BCUT2D eigenvalue weighted by Gasteiger charge is -2.26. The van der Waals surface area contributed by atoms with Crippen LogP contribution in [0.25, 0.3) is 0 Å². The van der Waals surface area contributed by atoms with E-state index in [-0.39, 0.29) is 6.09 Å². The van der Waals surface area contributed by atoms with Crippen LogP contribution in [0.1, 0.15) is 44.9 Å². The van der Waals surface area contributed by atoms with Crippen molar-refractivity contribution in [2.75, 3.05) is 13.1 Å². The van der Waals surface area contributed by atoms with Crippen LogP contribution >= 0.6 is 22.9 Å². The van der Waals surface area contributed by atoms with Crippen molar-refractivity contribution in [3.63, 3.8) is 0 Å². The molecule has 4 nitrogen and oxygen atoms in total. The monoisotopic (exact) mass is 344 g/mol. The smallest absolute Gasteiger partial charge is 0.410 e. The molecule has 1 N–H and O–H groups in total. The number of hydrogen-bond donors (Lipinski definition) is 1. The molecule has 124 valence electrons. The van der Waals surface area contributed by atoms with Crippen LogP contribution in [-0.2, 0) is 11.3 Å². The second kappa shape index (κ2) is 7.66. The van der Waals surface area contributed by atoms with E-state index in [0.29, 0.717) is 6.04 Å². The summed E-state index contributed by atoms with van der Waals surface area (Å²) >= 11 is 7.56. The normalized spacial score (nSPS) is 19.8. The number of halogens is 1. The van der Waals surface area contributed by atoms with Gasteiger partial charge in [0.15, 0.2) is 0 Å². The predicted molar refractivity (Wildman–Crippen MR) is 91.6 cm³/mol. The lowest BCUT2D eigenvalue weighted by atomic mass is 10.1. The molecule has 1 aliphatic rings. The Morgan fingerprint density at radius 2 is 2.18 bits per heavy atom. The Morgan fingerprint density at radius 1 is 1.41 bits per heavy atom. The second-order valence-electron chi connectivity index (χ2n) is 6.68. The third-order valence-electron chi connectivity index (χ3n) is 3.57. The SMILES string of the molecule is CC(C)(C)OC(=O)N1CCCC(NCc2ccc(Cl)s2)CC1. The molecule has 22 heavy (non-hydrogen) atoms. The Labute approximate surface area is 141 Å². The van der Waals surface area contributed by atoms with Crippen molar-refractivity contribution in [3.05, 3.63) is 21.3 Å². The average molecular weight is 345 g/mol. The number of rotatable bonds is 3. The third-order valence-corrected chi connectivity index (χ3v) is 4.80. The molecule has 0 radical (unpaired) electrons. The highest BCUT2D eigenvalue weighted by atomic mass is 35.5. The van der Waals surface area contributed by atoms with Gasteiger partial charge in [-0.3, -0.25) is 0 Å². The van der Waals surface area contributed by atoms with Crippen molar-refractivity contribution in [2.45, 2.75) is 58.2 Å². The summed E-state index contributed by atoms with van der Waals surface area (Å²) in [6.45, 7) is 8.07. The zero-order valence-electron chi connectivity index (χ0n) is 13.5. The number of thiophene rings is 1. The van der Waals surface area contributed by atoms with E-state index >= 15 is 0 Å². The maximum Gasteiger partial charge on any atom is 0.410 e. The lowest BCUT2D eigenvalue weighted by molar-refractivity contribution is 0.0256. The maximum atomic E-state index is 12.1. The molecular weight excluding hydrogens is 320 g/mol. The Balaban J connectivity index is 1.78. The van der Waals surface area contributed by atoms with Gasteiger partial charge in [-0.25, -0.2) is 4.79 Å². The molecule has 1 aliphatic heterocycles. The van der Waals surface area contributed by atoms with Gasteiger partial charge in [-0.15, -0.1) is 11.3 Å². The van der Waals surface area contributed by atoms with Crippen LogP contribution < -0.4 is 5.32 Å². The summed E-state index contributed by atoms with van der Waals surface area (Å²) < 4.78 is 6.28. The highest BCUT2D eigenvalue weighted by Gasteiger charge is 2.25. The molecule has 0 aliphatic carbocycles. The largest absolute Gasteiger partial charge is 0.444 e. The first-order valence-corrected chi connectivity index (χ1v) is 8.98. The van der Waals surface area contributed by atoms with Gasteiger partial charge in [-0.2, -0.15) is 0 Å². The molecule has 0 spiro atoms. The predicted octanol–water partition coefficient (Wildman–Crippen LogP) is 4.28. The zero-order chi connectivity index (χ0) is 16.2. The van der Waals surface area contributed by atoms with E-state index < -0.39 is 5.60 Å². The minimum Gasteiger partial charge on any atom is -0.444 e. The summed E-state index contributed by atoms with van der Waals surface area (Å²) in [6, 6.07) is 4.43.